The summed E-state index contributed by atoms with van der Waals surface area (Å²) in [6.07, 6.45) is 3.52. The van der Waals surface area contributed by atoms with Gasteiger partial charge in [0.05, 0.1) is 12.1 Å². The van der Waals surface area contributed by atoms with E-state index in [2.05, 4.69) is 42.8 Å². The predicted octanol–water partition coefficient (Wildman–Crippen LogP) is 3.00. The number of ether oxygens (including phenoxy) is 1. The highest BCUT2D eigenvalue weighted by Gasteiger charge is 2.23. The van der Waals surface area contributed by atoms with Gasteiger partial charge in [0.15, 0.2) is 0 Å². The molecule has 2 unspecified atom stereocenters. The molecular formula is C12H17NOS. The van der Waals surface area contributed by atoms with Crippen LogP contribution in [-0.4, -0.2) is 25.0 Å². The predicted molar refractivity (Wildman–Crippen MR) is 65.7 cm³/mol. The van der Waals surface area contributed by atoms with Crippen molar-refractivity contribution in [3.63, 3.8) is 0 Å². The molecule has 2 rings (SSSR count). The minimum absolute atomic E-state index is 0.322. The average Bonchev–Trinajstić information content (AvgIpc) is 2.65. The summed E-state index contributed by atoms with van der Waals surface area (Å²) in [4.78, 5) is 1.30. The standard InChI is InChI=1S/C12H17NOS/c1-9-12(6-7-14-9)13-10-4-3-5-11(8-10)15-2/h3-5,8-9,12-13H,6-7H2,1-2H3. The van der Waals surface area contributed by atoms with Crippen molar-refractivity contribution in [3.05, 3.63) is 24.3 Å². The van der Waals surface area contributed by atoms with Gasteiger partial charge < -0.3 is 10.1 Å². The monoisotopic (exact) mass is 223 g/mol. The molecule has 2 atom stereocenters. The molecule has 1 fully saturated rings. The fraction of sp³-hybridized carbons (Fsp3) is 0.500. The third-order valence-corrected chi connectivity index (χ3v) is 3.52. The zero-order chi connectivity index (χ0) is 10.7. The van der Waals surface area contributed by atoms with Gasteiger partial charge in [0.25, 0.3) is 0 Å². The third kappa shape index (κ3) is 2.67. The van der Waals surface area contributed by atoms with Crippen molar-refractivity contribution in [2.75, 3.05) is 18.2 Å². The number of nitrogens with one attached hydrogen (secondary N) is 1. The minimum atomic E-state index is 0.322. The Morgan fingerprint density at radius 1 is 1.47 bits per heavy atom. The Hall–Kier alpha value is -0.670. The van der Waals surface area contributed by atoms with Crippen molar-refractivity contribution >= 4 is 17.4 Å². The SMILES string of the molecule is CSc1cccc(NC2CCOC2C)c1. The van der Waals surface area contributed by atoms with E-state index in [1.165, 1.54) is 10.6 Å². The van der Waals surface area contributed by atoms with Crippen LogP contribution in [0.4, 0.5) is 5.69 Å². The number of benzene rings is 1. The van der Waals surface area contributed by atoms with E-state index >= 15 is 0 Å². The fourth-order valence-corrected chi connectivity index (χ4v) is 2.31. The Bertz CT molecular complexity index is 329. The number of thioether (sulfide) groups is 1. The summed E-state index contributed by atoms with van der Waals surface area (Å²) in [6.45, 7) is 3.00. The van der Waals surface area contributed by atoms with E-state index in [0.717, 1.165) is 13.0 Å². The Kier molecular flexibility index (Phi) is 3.54. The van der Waals surface area contributed by atoms with Gasteiger partial charge in [-0.15, -0.1) is 11.8 Å². The summed E-state index contributed by atoms with van der Waals surface area (Å²) in [5.41, 5.74) is 1.20. The van der Waals surface area contributed by atoms with Gasteiger partial charge in [-0.3, -0.25) is 0 Å². The maximum atomic E-state index is 5.53. The first-order chi connectivity index (χ1) is 7.29. The molecule has 82 valence electrons. The maximum Gasteiger partial charge on any atom is 0.0748 e. The molecule has 2 nitrogen and oxygen atoms in total. The van der Waals surface area contributed by atoms with E-state index in [4.69, 9.17) is 4.74 Å². The quantitative estimate of drug-likeness (QED) is 0.796. The first-order valence-corrected chi connectivity index (χ1v) is 6.54. The van der Waals surface area contributed by atoms with Gasteiger partial charge in [0.1, 0.15) is 0 Å². The number of anilines is 1. The van der Waals surface area contributed by atoms with Gasteiger partial charge in [0, 0.05) is 17.2 Å². The minimum Gasteiger partial charge on any atom is -0.380 e. The van der Waals surface area contributed by atoms with E-state index in [1.807, 2.05) is 0 Å². The molecular weight excluding hydrogens is 206 g/mol. The number of rotatable bonds is 3. The van der Waals surface area contributed by atoms with E-state index in [1.54, 1.807) is 11.8 Å². The Labute approximate surface area is 95.4 Å². The van der Waals surface area contributed by atoms with Crippen molar-refractivity contribution < 1.29 is 4.74 Å². The molecule has 3 heteroatoms. The highest BCUT2D eigenvalue weighted by atomic mass is 32.2. The van der Waals surface area contributed by atoms with Crippen molar-refractivity contribution in [1.82, 2.24) is 0 Å². The van der Waals surface area contributed by atoms with Crippen LogP contribution < -0.4 is 5.32 Å². The first kappa shape index (κ1) is 10.8. The van der Waals surface area contributed by atoms with Gasteiger partial charge in [-0.25, -0.2) is 0 Å². The van der Waals surface area contributed by atoms with E-state index < -0.39 is 0 Å². The number of hydrogen-bond donors (Lipinski definition) is 1. The first-order valence-electron chi connectivity index (χ1n) is 5.32. The Morgan fingerprint density at radius 3 is 3.00 bits per heavy atom. The average molecular weight is 223 g/mol. The van der Waals surface area contributed by atoms with Crippen LogP contribution in [0, 0.1) is 0 Å². The summed E-state index contributed by atoms with van der Waals surface area (Å²) in [5, 5.41) is 3.53. The lowest BCUT2D eigenvalue weighted by Gasteiger charge is -2.17. The molecule has 0 aromatic heterocycles. The largest absolute Gasteiger partial charge is 0.380 e. The molecule has 0 amide bonds. The molecule has 0 saturated carbocycles. The summed E-state index contributed by atoms with van der Waals surface area (Å²) >= 11 is 1.77. The van der Waals surface area contributed by atoms with Crippen LogP contribution in [0.2, 0.25) is 0 Å². The van der Waals surface area contributed by atoms with Gasteiger partial charge in [0.2, 0.25) is 0 Å². The zero-order valence-electron chi connectivity index (χ0n) is 9.19. The summed E-state index contributed by atoms with van der Waals surface area (Å²) in [7, 11) is 0. The van der Waals surface area contributed by atoms with Crippen molar-refractivity contribution in [1.29, 1.82) is 0 Å². The lowest BCUT2D eigenvalue weighted by Crippen LogP contribution is -2.26. The van der Waals surface area contributed by atoms with Crippen LogP contribution in [0.5, 0.6) is 0 Å². The fourth-order valence-electron chi connectivity index (χ4n) is 1.85. The topological polar surface area (TPSA) is 21.3 Å². The summed E-state index contributed by atoms with van der Waals surface area (Å²) in [6, 6.07) is 8.99. The van der Waals surface area contributed by atoms with Crippen LogP contribution in [0.25, 0.3) is 0 Å². The normalized spacial score (nSPS) is 25.5. The van der Waals surface area contributed by atoms with Crippen LogP contribution in [0.3, 0.4) is 0 Å². The van der Waals surface area contributed by atoms with Gasteiger partial charge in [-0.05, 0) is 37.8 Å². The third-order valence-electron chi connectivity index (χ3n) is 2.80. The molecule has 1 aromatic rings. The molecule has 0 aliphatic carbocycles. The van der Waals surface area contributed by atoms with Crippen LogP contribution in [0.15, 0.2) is 29.2 Å². The molecule has 1 saturated heterocycles. The Balaban J connectivity index is 2.03. The molecule has 0 radical (unpaired) electrons. The molecule has 15 heavy (non-hydrogen) atoms. The molecule has 0 bridgehead atoms. The number of hydrogen-bond acceptors (Lipinski definition) is 3. The molecule has 0 spiro atoms. The molecule has 1 aliphatic rings. The van der Waals surface area contributed by atoms with Crippen LogP contribution in [0.1, 0.15) is 13.3 Å². The van der Waals surface area contributed by atoms with E-state index in [0.29, 0.717) is 12.1 Å². The van der Waals surface area contributed by atoms with Crippen LogP contribution >= 0.6 is 11.8 Å². The highest BCUT2D eigenvalue weighted by Crippen LogP contribution is 2.22. The Morgan fingerprint density at radius 2 is 2.33 bits per heavy atom. The smallest absolute Gasteiger partial charge is 0.0748 e. The van der Waals surface area contributed by atoms with Gasteiger partial charge in [-0.2, -0.15) is 0 Å². The summed E-state index contributed by atoms with van der Waals surface area (Å²) < 4.78 is 5.53. The van der Waals surface area contributed by atoms with Crippen molar-refractivity contribution in [3.8, 4) is 0 Å². The van der Waals surface area contributed by atoms with Gasteiger partial charge in [-0.1, -0.05) is 6.07 Å². The van der Waals surface area contributed by atoms with E-state index in [9.17, 15) is 0 Å². The molecule has 1 N–H and O–H groups in total. The lowest BCUT2D eigenvalue weighted by atomic mass is 10.1. The van der Waals surface area contributed by atoms with E-state index in [-0.39, 0.29) is 0 Å². The lowest BCUT2D eigenvalue weighted by molar-refractivity contribution is 0.121. The molecule has 1 aromatic carbocycles. The van der Waals surface area contributed by atoms with Crippen LogP contribution in [-0.2, 0) is 4.74 Å². The second-order valence-electron chi connectivity index (χ2n) is 3.85. The molecule has 1 aliphatic heterocycles. The van der Waals surface area contributed by atoms with Gasteiger partial charge >= 0.3 is 0 Å². The van der Waals surface area contributed by atoms with Crippen molar-refractivity contribution in [2.24, 2.45) is 0 Å². The molecule has 1 heterocycles. The van der Waals surface area contributed by atoms with Crippen molar-refractivity contribution in [2.45, 2.75) is 30.4 Å². The zero-order valence-corrected chi connectivity index (χ0v) is 10.0. The highest BCUT2D eigenvalue weighted by molar-refractivity contribution is 7.98. The second kappa shape index (κ2) is 4.90. The summed E-state index contributed by atoms with van der Waals surface area (Å²) in [5.74, 6) is 0. The maximum absolute atomic E-state index is 5.53. The second-order valence-corrected chi connectivity index (χ2v) is 4.73.